The van der Waals surface area contributed by atoms with Crippen LogP contribution in [0.25, 0.3) is 23.0 Å². The van der Waals surface area contributed by atoms with Gasteiger partial charge in [-0.1, -0.05) is 25.8 Å². The van der Waals surface area contributed by atoms with E-state index in [9.17, 15) is 9.59 Å². The van der Waals surface area contributed by atoms with Gasteiger partial charge in [0.2, 0.25) is 0 Å². The molecule has 2 saturated heterocycles. The zero-order chi connectivity index (χ0) is 24.4. The average Bonchev–Trinajstić information content (AvgIpc) is 3.41. The van der Waals surface area contributed by atoms with E-state index in [4.69, 9.17) is 0 Å². The van der Waals surface area contributed by atoms with Crippen LogP contribution < -0.4 is 10.2 Å². The van der Waals surface area contributed by atoms with Crippen molar-refractivity contribution in [1.82, 2.24) is 24.8 Å². The molecule has 1 aromatic carbocycles. The minimum absolute atomic E-state index is 0.271. The molecule has 2 aliphatic heterocycles. The predicted octanol–water partition coefficient (Wildman–Crippen LogP) is 4.17. The third-order valence-electron chi connectivity index (χ3n) is 6.34. The second kappa shape index (κ2) is 10.2. The summed E-state index contributed by atoms with van der Waals surface area (Å²) in [6.07, 6.45) is 6.90. The van der Waals surface area contributed by atoms with E-state index < -0.39 is 11.1 Å². The summed E-state index contributed by atoms with van der Waals surface area (Å²) in [6.45, 7) is 6.84. The van der Waals surface area contributed by atoms with Crippen molar-refractivity contribution in [2.45, 2.75) is 26.2 Å². The molecule has 8 nitrogen and oxygen atoms in total. The molecule has 0 spiro atoms. The van der Waals surface area contributed by atoms with Gasteiger partial charge in [-0.2, -0.15) is 5.10 Å². The highest BCUT2D eigenvalue weighted by Crippen LogP contribution is 2.29. The number of benzene rings is 1. The molecule has 0 saturated carbocycles. The van der Waals surface area contributed by atoms with Crippen LogP contribution in [0.5, 0.6) is 0 Å². The smallest absolute Gasteiger partial charge is 0.290 e. The Morgan fingerprint density at radius 3 is 2.66 bits per heavy atom. The van der Waals surface area contributed by atoms with Gasteiger partial charge in [-0.05, 0) is 55.1 Å². The largest absolute Gasteiger partial charge is 0.367 e. The van der Waals surface area contributed by atoms with Crippen molar-refractivity contribution in [2.75, 3.05) is 37.6 Å². The van der Waals surface area contributed by atoms with Gasteiger partial charge in [0.25, 0.3) is 11.1 Å². The number of imidazole rings is 1. The first-order valence-corrected chi connectivity index (χ1v) is 12.7. The molecule has 5 rings (SSSR count). The molecule has 0 unspecified atom stereocenters. The van der Waals surface area contributed by atoms with Crippen LogP contribution in [0.3, 0.4) is 0 Å². The van der Waals surface area contributed by atoms with Crippen LogP contribution in [0.2, 0.25) is 0 Å². The van der Waals surface area contributed by atoms with Gasteiger partial charge in [0.05, 0.1) is 28.2 Å². The number of halogens is 1. The van der Waals surface area contributed by atoms with Gasteiger partial charge in [0, 0.05) is 31.7 Å². The zero-order valence-electron chi connectivity index (χ0n) is 19.5. The number of piperazine rings is 1. The Kier molecular flexibility index (Phi) is 6.83. The highest BCUT2D eigenvalue weighted by atomic mass is 32.2. The highest BCUT2D eigenvalue weighted by Gasteiger charge is 2.25. The van der Waals surface area contributed by atoms with Crippen LogP contribution >= 0.6 is 11.8 Å². The lowest BCUT2D eigenvalue weighted by atomic mass is 10.1. The lowest BCUT2D eigenvalue weighted by molar-refractivity contribution is -0.115. The maximum absolute atomic E-state index is 15.2. The number of thioether (sulfide) groups is 1. The summed E-state index contributed by atoms with van der Waals surface area (Å²) in [5, 5.41) is 6.38. The van der Waals surface area contributed by atoms with Crippen LogP contribution in [0.4, 0.5) is 14.9 Å². The second-order valence-corrected chi connectivity index (χ2v) is 9.74. The summed E-state index contributed by atoms with van der Waals surface area (Å²) in [6, 6.07) is 8.74. The first-order valence-electron chi connectivity index (χ1n) is 11.9. The molecule has 182 valence electrons. The summed E-state index contributed by atoms with van der Waals surface area (Å²) in [5.74, 6) is -0.708. The molecule has 35 heavy (non-hydrogen) atoms. The van der Waals surface area contributed by atoms with Gasteiger partial charge in [-0.25, -0.2) is 13.9 Å². The van der Waals surface area contributed by atoms with Gasteiger partial charge in [0.15, 0.2) is 5.65 Å². The Bertz CT molecular complexity index is 1300. The number of nitrogens with one attached hydrogen (secondary N) is 1. The highest BCUT2D eigenvalue weighted by molar-refractivity contribution is 8.18. The number of fused-ring (bicyclic) bond motifs is 1. The normalized spacial score (nSPS) is 18.1. The number of aromatic nitrogens is 3. The van der Waals surface area contributed by atoms with Gasteiger partial charge < -0.3 is 4.90 Å². The van der Waals surface area contributed by atoms with E-state index in [0.717, 1.165) is 44.5 Å². The minimum atomic E-state index is -0.438. The fourth-order valence-electron chi connectivity index (χ4n) is 4.44. The maximum Gasteiger partial charge on any atom is 0.290 e. The standard InChI is InChI=1S/C25H27FN6O2S/c1-2-3-4-9-30-10-12-31(13-11-30)20-7-5-17(14-19(20)26)21-16-27-23-8-6-18(29-32(21)23)15-22-24(33)28-25(34)35-22/h5-8,14-16H,2-4,9-13H2,1H3,(H,28,33,34)/b22-15-. The summed E-state index contributed by atoms with van der Waals surface area (Å²) in [5.41, 5.74) is 3.02. The molecule has 2 aliphatic rings. The van der Waals surface area contributed by atoms with E-state index in [2.05, 4.69) is 32.1 Å². The number of amides is 2. The van der Waals surface area contributed by atoms with E-state index in [1.54, 1.807) is 28.9 Å². The van der Waals surface area contributed by atoms with Crippen LogP contribution in [0.15, 0.2) is 41.4 Å². The number of rotatable bonds is 7. The third-order valence-corrected chi connectivity index (χ3v) is 7.15. The average molecular weight is 495 g/mol. The lowest BCUT2D eigenvalue weighted by Crippen LogP contribution is -2.46. The number of carbonyl (C=O) groups excluding carboxylic acids is 2. The fraction of sp³-hybridized carbons (Fsp3) is 0.360. The zero-order valence-corrected chi connectivity index (χ0v) is 20.4. The SMILES string of the molecule is CCCCCN1CCN(c2ccc(-c3cnc4ccc(/C=C5\SC(=O)NC5=O)nn34)cc2F)CC1. The van der Waals surface area contributed by atoms with Gasteiger partial charge in [-0.15, -0.1) is 0 Å². The van der Waals surface area contributed by atoms with E-state index in [1.165, 1.54) is 25.3 Å². The number of imide groups is 1. The maximum atomic E-state index is 15.2. The molecule has 0 aliphatic carbocycles. The number of unbranched alkanes of at least 4 members (excludes halogenated alkanes) is 2. The Morgan fingerprint density at radius 2 is 1.94 bits per heavy atom. The van der Waals surface area contributed by atoms with Crippen molar-refractivity contribution in [3.8, 4) is 11.3 Å². The van der Waals surface area contributed by atoms with Crippen molar-refractivity contribution < 1.29 is 14.0 Å². The Labute approximate surface area is 207 Å². The summed E-state index contributed by atoms with van der Waals surface area (Å²) in [7, 11) is 0. The van der Waals surface area contributed by atoms with E-state index in [-0.39, 0.29) is 10.7 Å². The second-order valence-electron chi connectivity index (χ2n) is 8.73. The van der Waals surface area contributed by atoms with Crippen LogP contribution in [0.1, 0.15) is 31.9 Å². The molecular formula is C25H27FN6O2S. The number of hydrogen-bond donors (Lipinski definition) is 1. The number of carbonyl (C=O) groups is 2. The molecule has 2 fully saturated rings. The summed E-state index contributed by atoms with van der Waals surface area (Å²) >= 11 is 0.838. The van der Waals surface area contributed by atoms with Crippen molar-refractivity contribution in [1.29, 1.82) is 0 Å². The number of hydrogen-bond acceptors (Lipinski definition) is 7. The Balaban J connectivity index is 1.34. The van der Waals surface area contributed by atoms with E-state index in [1.807, 2.05) is 12.1 Å². The monoisotopic (exact) mass is 494 g/mol. The molecule has 2 amide bonds. The van der Waals surface area contributed by atoms with Gasteiger partial charge in [-0.3, -0.25) is 19.8 Å². The Hall–Kier alpha value is -3.24. The molecule has 0 bridgehead atoms. The fourth-order valence-corrected chi connectivity index (χ4v) is 5.10. The van der Waals surface area contributed by atoms with Crippen molar-refractivity contribution in [3.63, 3.8) is 0 Å². The first kappa shape index (κ1) is 23.5. The topological polar surface area (TPSA) is 82.8 Å². The molecule has 0 atom stereocenters. The van der Waals surface area contributed by atoms with Gasteiger partial charge >= 0.3 is 0 Å². The summed E-state index contributed by atoms with van der Waals surface area (Å²) < 4.78 is 16.8. The van der Waals surface area contributed by atoms with Crippen molar-refractivity contribution >= 4 is 40.3 Å². The van der Waals surface area contributed by atoms with Gasteiger partial charge in [0.1, 0.15) is 5.82 Å². The van der Waals surface area contributed by atoms with Crippen molar-refractivity contribution in [3.05, 3.63) is 52.9 Å². The lowest BCUT2D eigenvalue weighted by Gasteiger charge is -2.36. The van der Waals surface area contributed by atoms with Crippen LogP contribution in [-0.2, 0) is 4.79 Å². The Morgan fingerprint density at radius 1 is 1.11 bits per heavy atom. The van der Waals surface area contributed by atoms with E-state index in [0.29, 0.717) is 28.3 Å². The molecule has 1 N–H and O–H groups in total. The van der Waals surface area contributed by atoms with Crippen LogP contribution in [0, 0.1) is 5.82 Å². The first-order chi connectivity index (χ1) is 17.0. The molecule has 3 aromatic rings. The van der Waals surface area contributed by atoms with E-state index >= 15 is 4.39 Å². The molecular weight excluding hydrogens is 467 g/mol. The number of anilines is 1. The van der Waals surface area contributed by atoms with Crippen LogP contribution in [-0.4, -0.2) is 63.4 Å². The molecule has 0 radical (unpaired) electrons. The van der Waals surface area contributed by atoms with Crippen molar-refractivity contribution in [2.24, 2.45) is 0 Å². The predicted molar refractivity (Wildman–Crippen MR) is 136 cm³/mol. The number of nitrogens with zero attached hydrogens (tertiary/aromatic N) is 5. The molecule has 4 heterocycles. The summed E-state index contributed by atoms with van der Waals surface area (Å²) in [4.78, 5) is 32.5. The molecule has 2 aromatic heterocycles. The quantitative estimate of drug-likeness (QED) is 0.390. The third kappa shape index (κ3) is 5.08. The molecule has 10 heteroatoms. The minimum Gasteiger partial charge on any atom is -0.367 e.